The first-order valence-corrected chi connectivity index (χ1v) is 16.6. The molecule has 1 atom stereocenters. The number of nitriles is 1. The summed E-state index contributed by atoms with van der Waals surface area (Å²) in [4.78, 5) is 7.13. The second-order valence-corrected chi connectivity index (χ2v) is 13.8. The first-order chi connectivity index (χ1) is 21.6. The van der Waals surface area contributed by atoms with E-state index in [0.29, 0.717) is 40.0 Å². The lowest BCUT2D eigenvalue weighted by molar-refractivity contribution is 0.0668. The number of aliphatic hydroxyl groups is 1. The fraction of sp³-hybridized carbons (Fsp3) is 0.278. The van der Waals surface area contributed by atoms with Crippen LogP contribution in [0.5, 0.6) is 5.75 Å². The van der Waals surface area contributed by atoms with Crippen molar-refractivity contribution < 1.29 is 18.3 Å². The van der Waals surface area contributed by atoms with Gasteiger partial charge in [-0.05, 0) is 87.2 Å². The molecule has 5 aromatic rings. The Kier molecular flexibility index (Phi) is 8.47. The van der Waals surface area contributed by atoms with E-state index in [0.717, 1.165) is 48.2 Å². The van der Waals surface area contributed by atoms with E-state index in [1.165, 1.54) is 3.97 Å². The van der Waals surface area contributed by atoms with Gasteiger partial charge in [0, 0.05) is 42.0 Å². The van der Waals surface area contributed by atoms with Crippen LogP contribution in [0, 0.1) is 18.3 Å². The number of fused-ring (bicyclic) bond motifs is 1. The Morgan fingerprint density at radius 2 is 1.76 bits per heavy atom. The van der Waals surface area contributed by atoms with E-state index in [4.69, 9.17) is 9.72 Å². The second kappa shape index (κ2) is 12.5. The van der Waals surface area contributed by atoms with Crippen molar-refractivity contribution in [1.82, 2.24) is 13.9 Å². The van der Waals surface area contributed by atoms with Gasteiger partial charge in [-0.2, -0.15) is 5.26 Å². The summed E-state index contributed by atoms with van der Waals surface area (Å²) in [7, 11) is -3.97. The zero-order valence-electron chi connectivity index (χ0n) is 25.6. The van der Waals surface area contributed by atoms with Gasteiger partial charge in [-0.25, -0.2) is 17.4 Å². The summed E-state index contributed by atoms with van der Waals surface area (Å²) in [5.41, 5.74) is 5.90. The Morgan fingerprint density at radius 3 is 2.44 bits per heavy atom. The number of hydrogen-bond acceptors (Lipinski definition) is 7. The van der Waals surface area contributed by atoms with Crippen molar-refractivity contribution in [2.75, 3.05) is 13.1 Å². The van der Waals surface area contributed by atoms with Gasteiger partial charge in [0.25, 0.3) is 10.0 Å². The lowest BCUT2D eigenvalue weighted by Gasteiger charge is -2.29. The third-order valence-electron chi connectivity index (χ3n) is 8.14. The Bertz CT molecular complexity index is 1990. The summed E-state index contributed by atoms with van der Waals surface area (Å²) in [5, 5.41) is 20.6. The summed E-state index contributed by atoms with van der Waals surface area (Å²) in [6.07, 6.45) is 4.77. The fourth-order valence-corrected chi connectivity index (χ4v) is 7.18. The molecule has 1 N–H and O–H groups in total. The molecule has 0 bridgehead atoms. The van der Waals surface area contributed by atoms with Gasteiger partial charge in [0.05, 0.1) is 22.7 Å². The molecule has 1 fully saturated rings. The predicted octanol–water partition coefficient (Wildman–Crippen LogP) is 6.53. The second-order valence-electron chi connectivity index (χ2n) is 12.0. The molecule has 1 unspecified atom stereocenters. The molecule has 0 radical (unpaired) electrons. The molecule has 1 aliphatic rings. The van der Waals surface area contributed by atoms with Crippen LogP contribution in [0.2, 0.25) is 0 Å². The number of β-amino-alcohol motifs (C(OH)–C–C–N with tert-alkyl or cyclic N) is 1. The van der Waals surface area contributed by atoms with E-state index >= 15 is 0 Å². The van der Waals surface area contributed by atoms with Gasteiger partial charge in [-0.1, -0.05) is 48.0 Å². The molecule has 6 rings (SSSR count). The molecule has 2 aromatic heterocycles. The van der Waals surface area contributed by atoms with Crippen molar-refractivity contribution in [2.24, 2.45) is 0 Å². The average molecular weight is 621 g/mol. The van der Waals surface area contributed by atoms with E-state index < -0.39 is 10.0 Å². The van der Waals surface area contributed by atoms with Crippen molar-refractivity contribution in [3.63, 3.8) is 0 Å². The lowest BCUT2D eigenvalue weighted by Crippen LogP contribution is -2.37. The summed E-state index contributed by atoms with van der Waals surface area (Å²) in [6, 6.07) is 24.5. The van der Waals surface area contributed by atoms with Crippen LogP contribution in [0.15, 0.2) is 90.1 Å². The molecule has 8 nitrogen and oxygen atoms in total. The lowest BCUT2D eigenvalue weighted by atomic mass is 10.00. The van der Waals surface area contributed by atoms with Crippen LogP contribution in [-0.2, 0) is 16.6 Å². The number of piperidine rings is 1. The average Bonchev–Trinajstić information content (AvgIpc) is 3.41. The zero-order valence-corrected chi connectivity index (χ0v) is 26.5. The SMILES string of the molecule is Cc1ccc(S(=O)(=O)n2cc(-c3ccc(OC(C)C)c(C#N)c3)c3cc(-c4ccc(CN5CCCC(O)C5)cc4)cnc32)cc1. The highest BCUT2D eigenvalue weighted by Gasteiger charge is 2.24. The van der Waals surface area contributed by atoms with Crippen LogP contribution < -0.4 is 4.74 Å². The van der Waals surface area contributed by atoms with Crippen LogP contribution in [0.3, 0.4) is 0 Å². The third kappa shape index (κ3) is 6.36. The maximum atomic E-state index is 13.9. The molecule has 1 saturated heterocycles. The van der Waals surface area contributed by atoms with Gasteiger partial charge in [0.1, 0.15) is 11.8 Å². The van der Waals surface area contributed by atoms with Gasteiger partial charge in [0.15, 0.2) is 5.65 Å². The maximum absolute atomic E-state index is 13.9. The molecule has 230 valence electrons. The number of aromatic nitrogens is 2. The number of benzene rings is 3. The monoisotopic (exact) mass is 620 g/mol. The molecule has 3 aromatic carbocycles. The number of pyridine rings is 1. The largest absolute Gasteiger partial charge is 0.490 e. The Morgan fingerprint density at radius 1 is 1.02 bits per heavy atom. The number of ether oxygens (including phenoxy) is 1. The smallest absolute Gasteiger partial charge is 0.269 e. The molecular formula is C36H36N4O4S. The summed E-state index contributed by atoms with van der Waals surface area (Å²) >= 11 is 0. The summed E-state index contributed by atoms with van der Waals surface area (Å²) in [5.74, 6) is 0.477. The molecule has 0 amide bonds. The van der Waals surface area contributed by atoms with E-state index in [9.17, 15) is 18.8 Å². The van der Waals surface area contributed by atoms with Crippen LogP contribution >= 0.6 is 0 Å². The van der Waals surface area contributed by atoms with E-state index in [-0.39, 0.29) is 17.1 Å². The molecule has 9 heteroatoms. The first-order valence-electron chi connectivity index (χ1n) is 15.2. The van der Waals surface area contributed by atoms with Gasteiger partial charge in [-0.3, -0.25) is 4.90 Å². The molecule has 0 saturated carbocycles. The maximum Gasteiger partial charge on any atom is 0.269 e. The third-order valence-corrected chi connectivity index (χ3v) is 9.80. The predicted molar refractivity (Wildman–Crippen MR) is 175 cm³/mol. The van der Waals surface area contributed by atoms with E-state index in [2.05, 4.69) is 23.1 Å². The molecule has 3 heterocycles. The number of aliphatic hydroxyl groups excluding tert-OH is 1. The fourth-order valence-electron chi connectivity index (χ4n) is 5.85. The number of hydrogen-bond donors (Lipinski definition) is 1. The van der Waals surface area contributed by atoms with Crippen molar-refractivity contribution in [3.05, 3.63) is 102 Å². The summed E-state index contributed by atoms with van der Waals surface area (Å²) in [6.45, 7) is 8.14. The Labute approximate surface area is 264 Å². The number of nitrogens with zero attached hydrogens (tertiary/aromatic N) is 4. The van der Waals surface area contributed by atoms with Crippen molar-refractivity contribution in [3.8, 4) is 34.1 Å². The molecule has 0 spiro atoms. The standard InChI is InChI=1S/C36H36N4O4S/c1-24(2)44-35-15-12-28(17-29(35)19-37)34-23-40(45(42,43)32-13-6-25(3)7-14-32)36-33(34)18-30(20-38-36)27-10-8-26(9-11-27)21-39-16-4-5-31(41)22-39/h6-15,17-18,20,23-24,31,41H,4-5,16,21-22H2,1-3H3. The first kappa shape index (κ1) is 30.5. The Balaban J connectivity index is 1.44. The molecule has 0 aliphatic carbocycles. The van der Waals surface area contributed by atoms with Crippen LogP contribution in [0.4, 0.5) is 0 Å². The molecular weight excluding hydrogens is 584 g/mol. The topological polar surface area (TPSA) is 108 Å². The normalized spacial score (nSPS) is 15.8. The number of aryl methyl sites for hydroxylation is 1. The highest BCUT2D eigenvalue weighted by atomic mass is 32.2. The summed E-state index contributed by atoms with van der Waals surface area (Å²) < 4.78 is 34.9. The van der Waals surface area contributed by atoms with Crippen molar-refractivity contribution in [1.29, 1.82) is 5.26 Å². The highest BCUT2D eigenvalue weighted by Crippen LogP contribution is 2.36. The number of likely N-dealkylation sites (tertiary alicyclic amines) is 1. The molecule has 45 heavy (non-hydrogen) atoms. The Hall–Kier alpha value is -4.49. The van der Waals surface area contributed by atoms with E-state index in [1.807, 2.05) is 45.0 Å². The minimum atomic E-state index is -3.97. The van der Waals surface area contributed by atoms with Gasteiger partial charge < -0.3 is 9.84 Å². The van der Waals surface area contributed by atoms with Crippen LogP contribution in [-0.4, -0.2) is 52.7 Å². The van der Waals surface area contributed by atoms with Gasteiger partial charge >= 0.3 is 0 Å². The molecule has 1 aliphatic heterocycles. The highest BCUT2D eigenvalue weighted by molar-refractivity contribution is 7.90. The van der Waals surface area contributed by atoms with Gasteiger partial charge in [-0.15, -0.1) is 0 Å². The van der Waals surface area contributed by atoms with Crippen LogP contribution in [0.25, 0.3) is 33.3 Å². The van der Waals surface area contributed by atoms with Crippen LogP contribution in [0.1, 0.15) is 43.4 Å². The van der Waals surface area contributed by atoms with Crippen molar-refractivity contribution in [2.45, 2.75) is 57.3 Å². The number of rotatable bonds is 8. The van der Waals surface area contributed by atoms with Crippen molar-refractivity contribution >= 4 is 21.1 Å². The zero-order chi connectivity index (χ0) is 31.7. The van der Waals surface area contributed by atoms with E-state index in [1.54, 1.807) is 48.8 Å². The quantitative estimate of drug-likeness (QED) is 0.210. The van der Waals surface area contributed by atoms with Gasteiger partial charge in [0.2, 0.25) is 0 Å². The minimum absolute atomic E-state index is 0.103. The minimum Gasteiger partial charge on any atom is -0.490 e.